The molecule has 4 heteroatoms. The quantitative estimate of drug-likeness (QED) is 0.850. The highest BCUT2D eigenvalue weighted by molar-refractivity contribution is 5.54. The number of allylic oxidation sites excluding steroid dienone is 4. The lowest BCUT2D eigenvalue weighted by Gasteiger charge is -2.31. The van der Waals surface area contributed by atoms with E-state index in [0.29, 0.717) is 11.3 Å². The van der Waals surface area contributed by atoms with Gasteiger partial charge in [-0.3, -0.25) is 0 Å². The third kappa shape index (κ3) is 3.24. The summed E-state index contributed by atoms with van der Waals surface area (Å²) in [5.41, 5.74) is 4.73. The molecule has 1 heterocycles. The number of nitriles is 1. The van der Waals surface area contributed by atoms with E-state index in [1.807, 2.05) is 6.92 Å². The Morgan fingerprint density at radius 2 is 2.09 bits per heavy atom. The topological polar surface area (TPSA) is 45.0 Å². The molecule has 0 aliphatic carbocycles. The van der Waals surface area contributed by atoms with Crippen LogP contribution in [0.2, 0.25) is 0 Å². The van der Waals surface area contributed by atoms with Crippen molar-refractivity contribution in [3.8, 4) is 11.8 Å². The van der Waals surface area contributed by atoms with E-state index in [-0.39, 0.29) is 11.7 Å². The van der Waals surface area contributed by atoms with Gasteiger partial charge in [0.15, 0.2) is 0 Å². The largest absolute Gasteiger partial charge is 0.496 e. The maximum atomic E-state index is 13.6. The maximum absolute atomic E-state index is 13.6. The normalized spacial score (nSPS) is 17.8. The molecule has 1 aromatic carbocycles. The number of hydrogen-bond acceptors (Lipinski definition) is 3. The number of ether oxygens (including phenoxy) is 1. The van der Waals surface area contributed by atoms with Gasteiger partial charge in [-0.2, -0.15) is 5.26 Å². The summed E-state index contributed by atoms with van der Waals surface area (Å²) >= 11 is 0. The molecule has 0 bridgehead atoms. The molecule has 0 spiro atoms. The van der Waals surface area contributed by atoms with Crippen LogP contribution in [0.25, 0.3) is 0 Å². The Morgan fingerprint density at radius 3 is 2.65 bits per heavy atom. The fraction of sp³-hybridized carbons (Fsp3) is 0.421. The van der Waals surface area contributed by atoms with Crippen LogP contribution in [-0.2, 0) is 0 Å². The Kier molecular flexibility index (Phi) is 5.44. The Labute approximate surface area is 137 Å². The summed E-state index contributed by atoms with van der Waals surface area (Å²) in [4.78, 5) is 0. The van der Waals surface area contributed by atoms with Gasteiger partial charge in [-0.05, 0) is 31.4 Å². The predicted molar refractivity (Wildman–Crippen MR) is 89.4 cm³/mol. The number of methoxy groups -OCH3 is 1. The zero-order valence-corrected chi connectivity index (χ0v) is 14.2. The second kappa shape index (κ2) is 7.32. The van der Waals surface area contributed by atoms with Crippen LogP contribution in [0.5, 0.6) is 5.75 Å². The molecule has 0 radical (unpaired) electrons. The Bertz CT molecular complexity index is 698. The molecule has 1 aromatic rings. The van der Waals surface area contributed by atoms with Gasteiger partial charge in [0.1, 0.15) is 11.6 Å². The first-order chi connectivity index (χ1) is 11.1. The molecule has 1 atom stereocenters. The van der Waals surface area contributed by atoms with Crippen LogP contribution in [0, 0.1) is 17.1 Å². The zero-order valence-electron chi connectivity index (χ0n) is 14.2. The number of nitrogens with one attached hydrogen (secondary N) is 1. The smallest absolute Gasteiger partial charge is 0.126 e. The van der Waals surface area contributed by atoms with Crippen molar-refractivity contribution in [2.24, 2.45) is 0 Å². The van der Waals surface area contributed by atoms with Crippen LogP contribution in [0.4, 0.5) is 4.39 Å². The first kappa shape index (κ1) is 17.1. The Balaban J connectivity index is 2.67. The summed E-state index contributed by atoms with van der Waals surface area (Å²) in [6.45, 7) is 6.14. The van der Waals surface area contributed by atoms with E-state index in [9.17, 15) is 9.65 Å². The molecular weight excluding hydrogens is 291 g/mol. The number of hydrogen-bond donors (Lipinski definition) is 1. The number of benzene rings is 1. The molecule has 0 fully saturated rings. The highest BCUT2D eigenvalue weighted by Gasteiger charge is 2.31. The van der Waals surface area contributed by atoms with Gasteiger partial charge in [-0.15, -0.1) is 0 Å². The van der Waals surface area contributed by atoms with Gasteiger partial charge >= 0.3 is 0 Å². The van der Waals surface area contributed by atoms with Crippen LogP contribution in [-0.4, -0.2) is 7.11 Å². The second-order valence-electron chi connectivity index (χ2n) is 5.70. The number of dihydropyridines is 1. The van der Waals surface area contributed by atoms with E-state index in [2.05, 4.69) is 25.2 Å². The average molecular weight is 314 g/mol. The number of rotatable bonds is 5. The molecule has 3 nitrogen and oxygen atoms in total. The molecule has 0 aromatic heterocycles. The second-order valence-corrected chi connectivity index (χ2v) is 5.70. The predicted octanol–water partition coefficient (Wildman–Crippen LogP) is 4.78. The summed E-state index contributed by atoms with van der Waals surface area (Å²) in [6.07, 6.45) is 2.78. The number of nitrogens with zero attached hydrogens (tertiary/aromatic N) is 1. The van der Waals surface area contributed by atoms with Crippen molar-refractivity contribution in [3.63, 3.8) is 0 Å². The van der Waals surface area contributed by atoms with E-state index < -0.39 is 0 Å². The zero-order chi connectivity index (χ0) is 17.0. The molecule has 1 unspecified atom stereocenters. The van der Waals surface area contributed by atoms with Crippen LogP contribution < -0.4 is 10.1 Å². The van der Waals surface area contributed by atoms with Crippen molar-refractivity contribution >= 4 is 0 Å². The third-order valence-electron chi connectivity index (χ3n) is 4.28. The van der Waals surface area contributed by atoms with Crippen molar-refractivity contribution in [3.05, 3.63) is 52.1 Å². The molecule has 0 saturated carbocycles. The molecule has 23 heavy (non-hydrogen) atoms. The van der Waals surface area contributed by atoms with Crippen molar-refractivity contribution in [1.29, 1.82) is 5.26 Å². The van der Waals surface area contributed by atoms with Gasteiger partial charge in [0, 0.05) is 28.9 Å². The lowest BCUT2D eigenvalue weighted by Crippen LogP contribution is -2.25. The first-order valence-electron chi connectivity index (χ1n) is 8.00. The maximum Gasteiger partial charge on any atom is 0.126 e. The van der Waals surface area contributed by atoms with E-state index in [0.717, 1.165) is 30.5 Å². The van der Waals surface area contributed by atoms with Gasteiger partial charge < -0.3 is 10.1 Å². The summed E-state index contributed by atoms with van der Waals surface area (Å²) < 4.78 is 18.9. The fourth-order valence-corrected chi connectivity index (χ4v) is 3.24. The van der Waals surface area contributed by atoms with Crippen LogP contribution in [0.3, 0.4) is 0 Å². The highest BCUT2D eigenvalue weighted by atomic mass is 19.1. The molecular formula is C19H23FN2O. The minimum atomic E-state index is -0.338. The van der Waals surface area contributed by atoms with Gasteiger partial charge in [0.25, 0.3) is 0 Å². The summed E-state index contributed by atoms with van der Waals surface area (Å²) in [5.74, 6) is -0.0304. The van der Waals surface area contributed by atoms with E-state index in [4.69, 9.17) is 4.74 Å². The molecule has 0 amide bonds. The third-order valence-corrected chi connectivity index (χ3v) is 4.28. The van der Waals surface area contributed by atoms with E-state index in [1.165, 1.54) is 30.5 Å². The number of halogens is 1. The lowest BCUT2D eigenvalue weighted by molar-refractivity contribution is 0.404. The van der Waals surface area contributed by atoms with Crippen molar-refractivity contribution in [1.82, 2.24) is 5.32 Å². The van der Waals surface area contributed by atoms with E-state index in [1.54, 1.807) is 6.07 Å². The lowest BCUT2D eigenvalue weighted by atomic mass is 9.79. The van der Waals surface area contributed by atoms with Crippen LogP contribution in [0.1, 0.15) is 51.5 Å². The fourth-order valence-electron chi connectivity index (χ4n) is 3.24. The minimum absolute atomic E-state index is 0.177. The average Bonchev–Trinajstić information content (AvgIpc) is 2.54. The molecule has 1 aliphatic heterocycles. The first-order valence-corrected chi connectivity index (χ1v) is 8.00. The standard InChI is InChI=1S/C19H23FN2O/c1-5-7-17-14(6-2)19(16(11-21)12(3)22-17)15-9-8-13(20)10-18(15)23-4/h8-10,19,22H,5-7H2,1-4H3. The van der Waals surface area contributed by atoms with Gasteiger partial charge in [0.05, 0.1) is 18.8 Å². The van der Waals surface area contributed by atoms with Crippen molar-refractivity contribution < 1.29 is 9.13 Å². The van der Waals surface area contributed by atoms with Crippen LogP contribution in [0.15, 0.2) is 40.7 Å². The summed E-state index contributed by atoms with van der Waals surface area (Å²) in [5, 5.41) is 13.0. The van der Waals surface area contributed by atoms with Crippen molar-refractivity contribution in [2.75, 3.05) is 7.11 Å². The van der Waals surface area contributed by atoms with E-state index >= 15 is 0 Å². The monoisotopic (exact) mass is 314 g/mol. The highest BCUT2D eigenvalue weighted by Crippen LogP contribution is 2.43. The van der Waals surface area contributed by atoms with Gasteiger partial charge in [0.2, 0.25) is 0 Å². The summed E-state index contributed by atoms with van der Waals surface area (Å²) in [7, 11) is 1.53. The van der Waals surface area contributed by atoms with Gasteiger partial charge in [-0.25, -0.2) is 4.39 Å². The minimum Gasteiger partial charge on any atom is -0.496 e. The van der Waals surface area contributed by atoms with Crippen molar-refractivity contribution in [2.45, 2.75) is 46.0 Å². The molecule has 1 N–H and O–H groups in total. The van der Waals surface area contributed by atoms with Crippen LogP contribution >= 0.6 is 0 Å². The SMILES string of the molecule is CCCC1=C(CC)C(c2ccc(F)cc2OC)C(C#N)=C(C)N1. The molecule has 1 aliphatic rings. The molecule has 2 rings (SSSR count). The molecule has 0 saturated heterocycles. The van der Waals surface area contributed by atoms with Gasteiger partial charge in [-0.1, -0.05) is 26.3 Å². The summed E-state index contributed by atoms with van der Waals surface area (Å²) in [6, 6.07) is 6.87. The Hall–Kier alpha value is -2.28. The molecule has 122 valence electrons. The Morgan fingerprint density at radius 1 is 1.35 bits per heavy atom.